The molecule has 0 unspecified atom stereocenters. The van der Waals surface area contributed by atoms with Crippen LogP contribution in [0.15, 0.2) is 35.3 Å². The molecule has 2 nitrogen and oxygen atoms in total. The van der Waals surface area contributed by atoms with Gasteiger partial charge in [-0.3, -0.25) is 4.99 Å². The fourth-order valence-corrected chi connectivity index (χ4v) is 2.47. The zero-order chi connectivity index (χ0) is 13.8. The number of hydrogen-bond donors (Lipinski definition) is 1. The summed E-state index contributed by atoms with van der Waals surface area (Å²) in [6.07, 6.45) is 4.80. The van der Waals surface area contributed by atoms with E-state index in [-0.39, 0.29) is 12.4 Å². The Hall–Kier alpha value is -0.670. The van der Waals surface area contributed by atoms with E-state index in [1.54, 1.807) is 0 Å². The highest BCUT2D eigenvalue weighted by molar-refractivity contribution is 8.13. The normalized spacial score (nSPS) is 11.0. The maximum Gasteiger partial charge on any atom is 0.156 e. The Morgan fingerprint density at radius 1 is 1.10 bits per heavy atom. The predicted molar refractivity (Wildman–Crippen MR) is 95.1 cm³/mol. The summed E-state index contributed by atoms with van der Waals surface area (Å²) in [5.41, 5.74) is 1.35. The molecule has 0 spiro atoms. The van der Waals surface area contributed by atoms with Gasteiger partial charge in [0.15, 0.2) is 5.17 Å². The molecular formula is C16H27ClN2S. The molecule has 0 atom stereocenters. The minimum atomic E-state index is 0. The Kier molecular flexibility index (Phi) is 12.9. The van der Waals surface area contributed by atoms with E-state index < -0.39 is 0 Å². The van der Waals surface area contributed by atoms with E-state index in [1.807, 2.05) is 11.8 Å². The lowest BCUT2D eigenvalue weighted by Gasteiger charge is -2.09. The summed E-state index contributed by atoms with van der Waals surface area (Å²) in [6, 6.07) is 10.6. The number of hydrogen-bond acceptors (Lipinski definition) is 2. The SMILES string of the molecule is CCCCN=C(NCCCC)SCc1ccccc1.Cl. The first-order valence-electron chi connectivity index (χ1n) is 7.31. The zero-order valence-electron chi connectivity index (χ0n) is 12.6. The first-order chi connectivity index (χ1) is 9.36. The molecule has 1 aromatic rings. The second-order valence-electron chi connectivity index (χ2n) is 4.60. The Labute approximate surface area is 134 Å². The summed E-state index contributed by atoms with van der Waals surface area (Å²) in [5.74, 6) is 0.991. The van der Waals surface area contributed by atoms with Gasteiger partial charge in [0.25, 0.3) is 0 Å². The van der Waals surface area contributed by atoms with E-state index in [0.717, 1.165) is 24.0 Å². The molecule has 1 aromatic carbocycles. The standard InChI is InChI=1S/C16H26N2S.ClH/c1-3-5-12-17-16(18-13-6-4-2)19-14-15-10-8-7-9-11-15;/h7-11H,3-6,12-14H2,1-2H3,(H,17,18);1H. The topological polar surface area (TPSA) is 24.4 Å². The molecule has 1 N–H and O–H groups in total. The van der Waals surface area contributed by atoms with Crippen LogP contribution in [0.2, 0.25) is 0 Å². The van der Waals surface area contributed by atoms with Crippen molar-refractivity contribution < 1.29 is 0 Å². The Morgan fingerprint density at radius 2 is 1.80 bits per heavy atom. The van der Waals surface area contributed by atoms with Gasteiger partial charge in [0.05, 0.1) is 0 Å². The number of rotatable bonds is 8. The van der Waals surface area contributed by atoms with E-state index in [1.165, 1.54) is 31.2 Å². The molecule has 114 valence electrons. The number of amidine groups is 1. The smallest absolute Gasteiger partial charge is 0.156 e. The summed E-state index contributed by atoms with van der Waals surface area (Å²) >= 11 is 1.81. The summed E-state index contributed by atoms with van der Waals surface area (Å²) in [4.78, 5) is 4.67. The van der Waals surface area contributed by atoms with Gasteiger partial charge >= 0.3 is 0 Å². The molecule has 1 rings (SSSR count). The number of benzene rings is 1. The molecule has 0 fully saturated rings. The molecule has 0 saturated carbocycles. The van der Waals surface area contributed by atoms with Gasteiger partial charge < -0.3 is 5.32 Å². The molecule has 0 radical (unpaired) electrons. The first-order valence-corrected chi connectivity index (χ1v) is 8.30. The Bertz CT molecular complexity index is 355. The van der Waals surface area contributed by atoms with Gasteiger partial charge in [0, 0.05) is 18.8 Å². The third kappa shape index (κ3) is 9.27. The molecule has 0 aliphatic carbocycles. The first kappa shape index (κ1) is 19.3. The minimum Gasteiger partial charge on any atom is -0.365 e. The molecule has 0 heterocycles. The van der Waals surface area contributed by atoms with Crippen molar-refractivity contribution in [2.45, 2.75) is 45.3 Å². The van der Waals surface area contributed by atoms with Crippen LogP contribution in [0.3, 0.4) is 0 Å². The fraction of sp³-hybridized carbons (Fsp3) is 0.562. The highest BCUT2D eigenvalue weighted by Crippen LogP contribution is 2.13. The molecular weight excluding hydrogens is 288 g/mol. The average molecular weight is 315 g/mol. The molecule has 20 heavy (non-hydrogen) atoms. The van der Waals surface area contributed by atoms with Crippen LogP contribution in [0.5, 0.6) is 0 Å². The van der Waals surface area contributed by atoms with Gasteiger partial charge in [-0.1, -0.05) is 68.8 Å². The van der Waals surface area contributed by atoms with Crippen LogP contribution >= 0.6 is 24.2 Å². The second kappa shape index (κ2) is 13.3. The molecule has 0 aliphatic heterocycles. The molecule has 0 amide bonds. The fourth-order valence-electron chi connectivity index (χ4n) is 1.59. The van der Waals surface area contributed by atoms with Gasteiger partial charge in [-0.15, -0.1) is 12.4 Å². The van der Waals surface area contributed by atoms with Crippen LogP contribution < -0.4 is 5.32 Å². The van der Waals surface area contributed by atoms with Crippen molar-refractivity contribution in [2.75, 3.05) is 13.1 Å². The van der Waals surface area contributed by atoms with Crippen molar-refractivity contribution in [1.29, 1.82) is 0 Å². The Balaban J connectivity index is 0.00000361. The monoisotopic (exact) mass is 314 g/mol. The maximum atomic E-state index is 4.67. The van der Waals surface area contributed by atoms with Crippen molar-refractivity contribution in [3.8, 4) is 0 Å². The van der Waals surface area contributed by atoms with Gasteiger partial charge in [-0.05, 0) is 18.4 Å². The molecule has 0 aromatic heterocycles. The van der Waals surface area contributed by atoms with Crippen LogP contribution in [0.4, 0.5) is 0 Å². The van der Waals surface area contributed by atoms with Gasteiger partial charge in [-0.25, -0.2) is 0 Å². The summed E-state index contributed by atoms with van der Waals surface area (Å²) in [5, 5.41) is 4.57. The van der Waals surface area contributed by atoms with Crippen LogP contribution in [0.1, 0.15) is 45.1 Å². The Morgan fingerprint density at radius 3 is 2.45 bits per heavy atom. The zero-order valence-corrected chi connectivity index (χ0v) is 14.2. The van der Waals surface area contributed by atoms with E-state index in [4.69, 9.17) is 0 Å². The highest BCUT2D eigenvalue weighted by atomic mass is 35.5. The number of thioether (sulfide) groups is 1. The van der Waals surface area contributed by atoms with Crippen molar-refractivity contribution in [1.82, 2.24) is 5.32 Å². The van der Waals surface area contributed by atoms with Crippen molar-refractivity contribution in [2.24, 2.45) is 4.99 Å². The largest absolute Gasteiger partial charge is 0.365 e. The highest BCUT2D eigenvalue weighted by Gasteiger charge is 2.00. The average Bonchev–Trinajstić information content (AvgIpc) is 2.45. The molecule has 0 aliphatic rings. The number of aliphatic imine (C=N–C) groups is 1. The lowest BCUT2D eigenvalue weighted by Crippen LogP contribution is -2.22. The summed E-state index contributed by atoms with van der Waals surface area (Å²) < 4.78 is 0. The molecule has 0 bridgehead atoms. The minimum absolute atomic E-state index is 0. The van der Waals surface area contributed by atoms with Gasteiger partial charge in [0.1, 0.15) is 0 Å². The number of unbranched alkanes of at least 4 members (excludes halogenated alkanes) is 2. The summed E-state index contributed by atoms with van der Waals surface area (Å²) in [7, 11) is 0. The van der Waals surface area contributed by atoms with Crippen molar-refractivity contribution >= 4 is 29.3 Å². The number of halogens is 1. The molecule has 4 heteroatoms. The van der Waals surface area contributed by atoms with Gasteiger partial charge in [-0.2, -0.15) is 0 Å². The van der Waals surface area contributed by atoms with E-state index >= 15 is 0 Å². The third-order valence-corrected chi connectivity index (χ3v) is 3.82. The van der Waals surface area contributed by atoms with Crippen LogP contribution in [0, 0.1) is 0 Å². The van der Waals surface area contributed by atoms with Crippen LogP contribution in [-0.2, 0) is 5.75 Å². The van der Waals surface area contributed by atoms with Gasteiger partial charge in [0.2, 0.25) is 0 Å². The van der Waals surface area contributed by atoms with E-state index in [9.17, 15) is 0 Å². The molecule has 0 saturated heterocycles. The number of nitrogens with zero attached hydrogens (tertiary/aromatic N) is 1. The second-order valence-corrected chi connectivity index (χ2v) is 5.56. The lowest BCUT2D eigenvalue weighted by molar-refractivity contribution is 0.751. The van der Waals surface area contributed by atoms with E-state index in [0.29, 0.717) is 0 Å². The lowest BCUT2D eigenvalue weighted by atomic mass is 10.2. The van der Waals surface area contributed by atoms with Crippen molar-refractivity contribution in [3.05, 3.63) is 35.9 Å². The predicted octanol–water partition coefficient (Wildman–Crippen LogP) is 4.89. The van der Waals surface area contributed by atoms with Crippen LogP contribution in [0.25, 0.3) is 0 Å². The maximum absolute atomic E-state index is 4.67. The number of nitrogens with one attached hydrogen (secondary N) is 1. The van der Waals surface area contributed by atoms with Crippen LogP contribution in [-0.4, -0.2) is 18.3 Å². The quantitative estimate of drug-likeness (QED) is 0.420. The third-order valence-electron chi connectivity index (χ3n) is 2.79. The van der Waals surface area contributed by atoms with E-state index in [2.05, 4.69) is 54.5 Å². The van der Waals surface area contributed by atoms with Crippen molar-refractivity contribution in [3.63, 3.8) is 0 Å². The summed E-state index contributed by atoms with van der Waals surface area (Å²) in [6.45, 7) is 6.39.